The predicted molar refractivity (Wildman–Crippen MR) is 79.1 cm³/mol. The molecule has 1 aromatic heterocycles. The molecule has 0 aliphatic heterocycles. The third kappa shape index (κ3) is 3.57. The van der Waals surface area contributed by atoms with Crippen LogP contribution in [0.1, 0.15) is 32.9 Å². The minimum absolute atomic E-state index is 0.210. The van der Waals surface area contributed by atoms with Gasteiger partial charge in [0.15, 0.2) is 0 Å². The van der Waals surface area contributed by atoms with Crippen LogP contribution in [0.2, 0.25) is 0 Å². The molecule has 0 aliphatic rings. The third-order valence-electron chi connectivity index (χ3n) is 3.15. The molecule has 0 bridgehead atoms. The highest BCUT2D eigenvalue weighted by Gasteiger charge is 2.08. The van der Waals surface area contributed by atoms with E-state index in [0.717, 1.165) is 36.6 Å². The van der Waals surface area contributed by atoms with Crippen LogP contribution in [0.15, 0.2) is 30.5 Å². The first-order valence-corrected chi connectivity index (χ1v) is 7.12. The van der Waals surface area contributed by atoms with Crippen molar-refractivity contribution in [2.24, 2.45) is 0 Å². The fourth-order valence-corrected chi connectivity index (χ4v) is 1.85. The van der Waals surface area contributed by atoms with Crippen LogP contribution in [0, 0.1) is 0 Å². The van der Waals surface area contributed by atoms with Crippen LogP contribution in [-0.2, 0) is 6.54 Å². The summed E-state index contributed by atoms with van der Waals surface area (Å²) in [6, 6.07) is 7.95. The van der Waals surface area contributed by atoms with Gasteiger partial charge >= 0.3 is 0 Å². The molecule has 20 heavy (non-hydrogen) atoms. The van der Waals surface area contributed by atoms with Crippen LogP contribution in [-0.4, -0.2) is 27.6 Å². The molecule has 1 unspecified atom stereocenters. The smallest absolute Gasteiger partial charge is 0.121 e. The normalized spacial score (nSPS) is 12.3. The van der Waals surface area contributed by atoms with Crippen molar-refractivity contribution in [1.29, 1.82) is 0 Å². The topological polar surface area (TPSA) is 52.0 Å². The molecule has 5 nitrogen and oxygen atoms in total. The van der Waals surface area contributed by atoms with Crippen molar-refractivity contribution in [2.45, 2.75) is 39.8 Å². The van der Waals surface area contributed by atoms with E-state index in [9.17, 15) is 0 Å². The maximum atomic E-state index is 5.85. The molecular weight excluding hydrogens is 252 g/mol. The minimum atomic E-state index is 0.210. The summed E-state index contributed by atoms with van der Waals surface area (Å²) in [6.45, 7) is 7.93. The van der Waals surface area contributed by atoms with Gasteiger partial charge in [-0.2, -0.15) is 0 Å². The lowest BCUT2D eigenvalue weighted by Gasteiger charge is -2.14. The molecule has 1 atom stereocenters. The molecule has 1 aromatic carbocycles. The highest BCUT2D eigenvalue weighted by Crippen LogP contribution is 2.19. The second-order valence-electron chi connectivity index (χ2n) is 4.75. The van der Waals surface area contributed by atoms with Crippen molar-refractivity contribution in [1.82, 2.24) is 20.3 Å². The molecular formula is C15H22N4O. The molecule has 0 amide bonds. The van der Waals surface area contributed by atoms with Crippen LogP contribution >= 0.6 is 0 Å². The molecule has 2 aromatic rings. The van der Waals surface area contributed by atoms with Gasteiger partial charge < -0.3 is 10.1 Å². The fraction of sp³-hybridized carbons (Fsp3) is 0.467. The van der Waals surface area contributed by atoms with Crippen LogP contribution in [0.5, 0.6) is 5.75 Å². The fourth-order valence-electron chi connectivity index (χ4n) is 1.85. The van der Waals surface area contributed by atoms with Crippen molar-refractivity contribution < 1.29 is 4.74 Å². The Labute approximate surface area is 120 Å². The molecule has 0 radical (unpaired) electrons. The standard InChI is InChI=1S/C15H22N4O/c1-4-12(3)20-15-8-6-7-13(9-15)19-14(10-16-5-2)11-17-18-19/h6-9,11-12,16H,4-5,10H2,1-3H3. The van der Waals surface area contributed by atoms with Gasteiger partial charge in [-0.3, -0.25) is 0 Å². The van der Waals surface area contributed by atoms with Gasteiger partial charge in [0.1, 0.15) is 5.75 Å². The van der Waals surface area contributed by atoms with Gasteiger partial charge in [-0.1, -0.05) is 25.1 Å². The molecule has 0 spiro atoms. The van der Waals surface area contributed by atoms with Crippen molar-refractivity contribution in [3.63, 3.8) is 0 Å². The average molecular weight is 274 g/mol. The first-order chi connectivity index (χ1) is 9.74. The van der Waals surface area contributed by atoms with Crippen molar-refractivity contribution in [3.8, 4) is 11.4 Å². The Morgan fingerprint density at radius 1 is 1.35 bits per heavy atom. The maximum absolute atomic E-state index is 5.85. The van der Waals surface area contributed by atoms with E-state index < -0.39 is 0 Å². The summed E-state index contributed by atoms with van der Waals surface area (Å²) < 4.78 is 7.69. The Kier molecular flexibility index (Phi) is 5.12. The molecule has 108 valence electrons. The molecule has 5 heteroatoms. The molecule has 1 N–H and O–H groups in total. The summed E-state index contributed by atoms with van der Waals surface area (Å²) >= 11 is 0. The van der Waals surface area contributed by atoms with Crippen LogP contribution in [0.3, 0.4) is 0 Å². The average Bonchev–Trinajstić information content (AvgIpc) is 2.93. The lowest BCUT2D eigenvalue weighted by molar-refractivity contribution is 0.217. The summed E-state index contributed by atoms with van der Waals surface area (Å²) in [5.41, 5.74) is 2.00. The van der Waals surface area contributed by atoms with Gasteiger partial charge in [0.2, 0.25) is 0 Å². The van der Waals surface area contributed by atoms with Crippen molar-refractivity contribution in [3.05, 3.63) is 36.2 Å². The predicted octanol–water partition coefficient (Wildman–Crippen LogP) is 2.55. The Bertz CT molecular complexity index is 538. The van der Waals surface area contributed by atoms with Gasteiger partial charge in [0, 0.05) is 12.6 Å². The second-order valence-corrected chi connectivity index (χ2v) is 4.75. The van der Waals surface area contributed by atoms with Crippen molar-refractivity contribution >= 4 is 0 Å². The molecule has 1 heterocycles. The molecule has 0 saturated heterocycles. The minimum Gasteiger partial charge on any atom is -0.491 e. The lowest BCUT2D eigenvalue weighted by Crippen LogP contribution is -2.15. The number of benzene rings is 1. The number of nitrogens with one attached hydrogen (secondary N) is 1. The lowest BCUT2D eigenvalue weighted by atomic mass is 10.2. The highest BCUT2D eigenvalue weighted by molar-refractivity contribution is 5.39. The number of nitrogens with zero attached hydrogens (tertiary/aromatic N) is 3. The molecule has 0 aliphatic carbocycles. The van der Waals surface area contributed by atoms with E-state index in [1.165, 1.54) is 0 Å². The molecule has 0 saturated carbocycles. The SMILES string of the molecule is CCNCc1cnnn1-c1cccc(OC(C)CC)c1. The number of hydrogen-bond acceptors (Lipinski definition) is 4. The maximum Gasteiger partial charge on any atom is 0.121 e. The zero-order chi connectivity index (χ0) is 14.4. The van der Waals surface area contributed by atoms with Gasteiger partial charge in [-0.05, 0) is 32.0 Å². The van der Waals surface area contributed by atoms with E-state index in [-0.39, 0.29) is 6.10 Å². The zero-order valence-electron chi connectivity index (χ0n) is 12.3. The summed E-state index contributed by atoms with van der Waals surface area (Å²) in [6.07, 6.45) is 2.98. The quantitative estimate of drug-likeness (QED) is 0.843. The Morgan fingerprint density at radius 3 is 2.95 bits per heavy atom. The number of hydrogen-bond donors (Lipinski definition) is 1. The Hall–Kier alpha value is -1.88. The van der Waals surface area contributed by atoms with Gasteiger partial charge in [-0.25, -0.2) is 4.68 Å². The summed E-state index contributed by atoms with van der Waals surface area (Å²) in [5, 5.41) is 11.4. The van der Waals surface area contributed by atoms with Gasteiger partial charge in [0.05, 0.1) is 23.7 Å². The number of rotatable bonds is 7. The van der Waals surface area contributed by atoms with Crippen molar-refractivity contribution in [2.75, 3.05) is 6.54 Å². The van der Waals surface area contributed by atoms with Crippen LogP contribution in [0.25, 0.3) is 5.69 Å². The first kappa shape index (κ1) is 14.5. The zero-order valence-corrected chi connectivity index (χ0v) is 12.3. The van der Waals surface area contributed by atoms with E-state index in [1.54, 1.807) is 6.20 Å². The van der Waals surface area contributed by atoms with Crippen LogP contribution in [0.4, 0.5) is 0 Å². The molecule has 0 fully saturated rings. The summed E-state index contributed by atoms with van der Waals surface area (Å²) in [7, 11) is 0. The Balaban J connectivity index is 2.20. The summed E-state index contributed by atoms with van der Waals surface area (Å²) in [5.74, 6) is 0.863. The Morgan fingerprint density at radius 2 is 2.20 bits per heavy atom. The van der Waals surface area contributed by atoms with E-state index in [0.29, 0.717) is 0 Å². The molecule has 2 rings (SSSR count). The monoisotopic (exact) mass is 274 g/mol. The van der Waals surface area contributed by atoms with E-state index in [1.807, 2.05) is 28.9 Å². The van der Waals surface area contributed by atoms with E-state index in [4.69, 9.17) is 4.74 Å². The first-order valence-electron chi connectivity index (χ1n) is 7.12. The summed E-state index contributed by atoms with van der Waals surface area (Å²) in [4.78, 5) is 0. The number of ether oxygens (including phenoxy) is 1. The highest BCUT2D eigenvalue weighted by atomic mass is 16.5. The van der Waals surface area contributed by atoms with Gasteiger partial charge in [-0.15, -0.1) is 5.10 Å². The second kappa shape index (κ2) is 7.05. The third-order valence-corrected chi connectivity index (χ3v) is 3.15. The van der Waals surface area contributed by atoms with E-state index in [2.05, 4.69) is 36.4 Å². The largest absolute Gasteiger partial charge is 0.491 e. The number of aromatic nitrogens is 3. The van der Waals surface area contributed by atoms with E-state index >= 15 is 0 Å². The van der Waals surface area contributed by atoms with Crippen LogP contribution < -0.4 is 10.1 Å². The van der Waals surface area contributed by atoms with Gasteiger partial charge in [0.25, 0.3) is 0 Å².